The topological polar surface area (TPSA) is 92.7 Å². The first-order valence-electron chi connectivity index (χ1n) is 7.10. The first kappa shape index (κ1) is 17.0. The normalized spacial score (nSPS) is 11.0. The van der Waals surface area contributed by atoms with Gasteiger partial charge >= 0.3 is 0 Å². The summed E-state index contributed by atoms with van der Waals surface area (Å²) in [5.74, 6) is 0.356. The van der Waals surface area contributed by atoms with E-state index in [4.69, 9.17) is 11.0 Å². The smallest absolute Gasteiger partial charge is 0.189 e. The molecule has 1 aromatic carbocycles. The second-order valence-electron chi connectivity index (χ2n) is 6.10. The molecule has 1 heterocycles. The van der Waals surface area contributed by atoms with Gasteiger partial charge in [0.2, 0.25) is 0 Å². The summed E-state index contributed by atoms with van der Waals surface area (Å²) >= 11 is 1.21. The second-order valence-corrected chi connectivity index (χ2v) is 7.04. The number of aromatic nitrogens is 2. The van der Waals surface area contributed by atoms with Gasteiger partial charge in [0.15, 0.2) is 10.9 Å². The molecule has 0 atom stereocenters. The number of Topliss-reactive ketones (excluding diaryl/α,β-unsaturated/α-hetero) is 1. The van der Waals surface area contributed by atoms with Crippen molar-refractivity contribution in [2.75, 3.05) is 11.5 Å². The van der Waals surface area contributed by atoms with Crippen LogP contribution in [0.5, 0.6) is 0 Å². The third kappa shape index (κ3) is 4.30. The van der Waals surface area contributed by atoms with Gasteiger partial charge in [-0.15, -0.1) is 0 Å². The number of hydrogen-bond donors (Lipinski definition) is 1. The summed E-state index contributed by atoms with van der Waals surface area (Å²) in [6, 6.07) is 9.55. The Labute approximate surface area is 139 Å². The molecule has 0 bridgehead atoms. The Morgan fingerprint density at radius 1 is 1.30 bits per heavy atom. The quantitative estimate of drug-likeness (QED) is 0.527. The largest absolute Gasteiger partial charge is 0.382 e. The summed E-state index contributed by atoms with van der Waals surface area (Å²) in [6.45, 7) is 6.39. The van der Waals surface area contributed by atoms with Crippen molar-refractivity contribution in [3.05, 3.63) is 47.2 Å². The maximum atomic E-state index is 12.2. The van der Waals surface area contributed by atoms with Crippen LogP contribution in [0.2, 0.25) is 0 Å². The standard InChI is InChI=1S/C17H18N4OS/c1-17(2,3)13-6-4-11(5-7-13)14(22)10-23-16-20-9-12(8-18)15(19)21-16/h4-7,9H,10H2,1-3H3,(H2,19,20,21). The molecule has 2 N–H and O–H groups in total. The number of nitriles is 1. The van der Waals surface area contributed by atoms with Crippen LogP contribution in [-0.2, 0) is 5.41 Å². The van der Waals surface area contributed by atoms with Gasteiger partial charge in [-0.05, 0) is 11.0 Å². The maximum absolute atomic E-state index is 12.2. The number of rotatable bonds is 4. The van der Waals surface area contributed by atoms with E-state index in [2.05, 4.69) is 30.7 Å². The SMILES string of the molecule is CC(C)(C)c1ccc(C(=O)CSc2ncc(C#N)c(N)n2)cc1. The first-order chi connectivity index (χ1) is 10.8. The van der Waals surface area contributed by atoms with Crippen molar-refractivity contribution in [3.63, 3.8) is 0 Å². The molecule has 5 nitrogen and oxygen atoms in total. The predicted octanol–water partition coefficient (Wildman–Crippen LogP) is 3.20. The van der Waals surface area contributed by atoms with Gasteiger partial charge in [-0.3, -0.25) is 4.79 Å². The van der Waals surface area contributed by atoms with E-state index in [-0.39, 0.29) is 28.3 Å². The monoisotopic (exact) mass is 326 g/mol. The molecule has 0 aliphatic heterocycles. The fourth-order valence-corrected chi connectivity index (χ4v) is 2.62. The van der Waals surface area contributed by atoms with E-state index in [9.17, 15) is 4.79 Å². The molecule has 0 aliphatic rings. The number of nitrogen functional groups attached to an aromatic ring is 1. The fourth-order valence-electron chi connectivity index (χ4n) is 1.90. The number of ketones is 1. The van der Waals surface area contributed by atoms with Crippen molar-refractivity contribution in [1.82, 2.24) is 9.97 Å². The minimum atomic E-state index is 0.00184. The van der Waals surface area contributed by atoms with E-state index in [1.54, 1.807) is 0 Å². The number of benzene rings is 1. The summed E-state index contributed by atoms with van der Waals surface area (Å²) < 4.78 is 0. The summed E-state index contributed by atoms with van der Waals surface area (Å²) in [6.07, 6.45) is 1.37. The van der Waals surface area contributed by atoms with E-state index in [0.29, 0.717) is 10.7 Å². The molecule has 0 amide bonds. The lowest BCUT2D eigenvalue weighted by Gasteiger charge is -2.18. The van der Waals surface area contributed by atoms with Gasteiger partial charge in [0, 0.05) is 5.56 Å². The number of nitrogens with two attached hydrogens (primary N) is 1. The summed E-state index contributed by atoms with van der Waals surface area (Å²) in [5, 5.41) is 9.17. The average molecular weight is 326 g/mol. The molecule has 2 rings (SSSR count). The molecule has 2 aromatic rings. The van der Waals surface area contributed by atoms with Gasteiger partial charge in [-0.25, -0.2) is 9.97 Å². The Hall–Kier alpha value is -2.39. The second kappa shape index (κ2) is 6.80. The molecule has 0 saturated carbocycles. The zero-order valence-corrected chi connectivity index (χ0v) is 14.1. The fraction of sp³-hybridized carbons (Fsp3) is 0.294. The van der Waals surface area contributed by atoms with Crippen molar-refractivity contribution < 1.29 is 4.79 Å². The maximum Gasteiger partial charge on any atom is 0.189 e. The predicted molar refractivity (Wildman–Crippen MR) is 91.4 cm³/mol. The number of carbonyl (C=O) groups is 1. The Morgan fingerprint density at radius 2 is 1.96 bits per heavy atom. The van der Waals surface area contributed by atoms with E-state index in [1.165, 1.54) is 23.5 Å². The van der Waals surface area contributed by atoms with E-state index < -0.39 is 0 Å². The minimum absolute atomic E-state index is 0.00184. The highest BCUT2D eigenvalue weighted by Gasteiger charge is 2.15. The highest BCUT2D eigenvalue weighted by atomic mass is 32.2. The number of anilines is 1. The highest BCUT2D eigenvalue weighted by molar-refractivity contribution is 7.99. The molecule has 0 saturated heterocycles. The molecule has 118 valence electrons. The van der Waals surface area contributed by atoms with E-state index in [0.717, 1.165) is 0 Å². The van der Waals surface area contributed by atoms with Gasteiger partial charge < -0.3 is 5.73 Å². The van der Waals surface area contributed by atoms with Gasteiger partial charge in [0.05, 0.1) is 11.9 Å². The molecular formula is C17H18N4OS. The molecule has 0 spiro atoms. The van der Waals surface area contributed by atoms with Gasteiger partial charge in [-0.2, -0.15) is 5.26 Å². The van der Waals surface area contributed by atoms with Gasteiger partial charge in [0.25, 0.3) is 0 Å². The molecule has 0 unspecified atom stereocenters. The summed E-state index contributed by atoms with van der Waals surface area (Å²) in [4.78, 5) is 20.3. The molecule has 1 aromatic heterocycles. The van der Waals surface area contributed by atoms with Crippen LogP contribution in [0.3, 0.4) is 0 Å². The van der Waals surface area contributed by atoms with Crippen LogP contribution in [0.1, 0.15) is 42.3 Å². The first-order valence-corrected chi connectivity index (χ1v) is 8.09. The van der Waals surface area contributed by atoms with E-state index >= 15 is 0 Å². The Morgan fingerprint density at radius 3 is 2.48 bits per heavy atom. The highest BCUT2D eigenvalue weighted by Crippen LogP contribution is 2.23. The number of nitrogens with zero attached hydrogens (tertiary/aromatic N) is 3. The zero-order valence-electron chi connectivity index (χ0n) is 13.3. The lowest BCUT2D eigenvalue weighted by molar-refractivity contribution is 0.102. The minimum Gasteiger partial charge on any atom is -0.382 e. The van der Waals surface area contributed by atoms with Crippen molar-refractivity contribution in [1.29, 1.82) is 5.26 Å². The average Bonchev–Trinajstić information content (AvgIpc) is 2.52. The Kier molecular flexibility index (Phi) is 5.02. The van der Waals surface area contributed by atoms with Crippen molar-refractivity contribution in [2.24, 2.45) is 0 Å². The summed E-state index contributed by atoms with van der Waals surface area (Å²) in [7, 11) is 0. The molecule has 0 fully saturated rings. The van der Waals surface area contributed by atoms with E-state index in [1.807, 2.05) is 30.3 Å². The van der Waals surface area contributed by atoms with Crippen LogP contribution < -0.4 is 5.73 Å². The lowest BCUT2D eigenvalue weighted by atomic mass is 9.86. The van der Waals surface area contributed by atoms with Crippen LogP contribution in [0.15, 0.2) is 35.6 Å². The zero-order chi connectivity index (χ0) is 17.0. The van der Waals surface area contributed by atoms with Crippen molar-refractivity contribution in [2.45, 2.75) is 31.3 Å². The number of carbonyl (C=O) groups excluding carboxylic acids is 1. The Bertz CT molecular complexity index is 758. The number of thioether (sulfide) groups is 1. The third-order valence-corrected chi connectivity index (χ3v) is 4.18. The van der Waals surface area contributed by atoms with Gasteiger partial charge in [0.1, 0.15) is 17.5 Å². The van der Waals surface area contributed by atoms with Crippen LogP contribution >= 0.6 is 11.8 Å². The summed E-state index contributed by atoms with van der Waals surface area (Å²) in [5.41, 5.74) is 7.77. The van der Waals surface area contributed by atoms with Crippen LogP contribution in [-0.4, -0.2) is 21.5 Å². The van der Waals surface area contributed by atoms with Gasteiger partial charge in [-0.1, -0.05) is 56.8 Å². The third-order valence-electron chi connectivity index (χ3n) is 3.32. The molecule has 0 aliphatic carbocycles. The lowest BCUT2D eigenvalue weighted by Crippen LogP contribution is -2.11. The molecule has 23 heavy (non-hydrogen) atoms. The van der Waals surface area contributed by atoms with Crippen LogP contribution in [0.25, 0.3) is 0 Å². The van der Waals surface area contributed by atoms with Crippen molar-refractivity contribution in [3.8, 4) is 6.07 Å². The van der Waals surface area contributed by atoms with Crippen LogP contribution in [0, 0.1) is 11.3 Å². The molecule has 6 heteroatoms. The number of hydrogen-bond acceptors (Lipinski definition) is 6. The Balaban J connectivity index is 2.02. The van der Waals surface area contributed by atoms with Crippen LogP contribution in [0.4, 0.5) is 5.82 Å². The molecule has 0 radical (unpaired) electrons. The molecular weight excluding hydrogens is 308 g/mol. The van der Waals surface area contributed by atoms with Crippen molar-refractivity contribution >= 4 is 23.4 Å².